The molecule has 0 aromatic heterocycles. The number of esters is 2. The largest absolute Gasteiger partial charge is 0.472 e. The van der Waals surface area contributed by atoms with Crippen LogP contribution in [0.3, 0.4) is 0 Å². The average molecular weight is 875 g/mol. The predicted molar refractivity (Wildman–Crippen MR) is 252 cm³/mol. The second-order valence-corrected chi connectivity index (χ2v) is 20.4. The summed E-state index contributed by atoms with van der Waals surface area (Å²) in [5, 5.41) is 0. The second-order valence-electron chi connectivity index (χ2n) is 18.9. The molecule has 358 valence electrons. The topological polar surface area (TPSA) is 108 Å². The van der Waals surface area contributed by atoms with Crippen molar-refractivity contribution in [2.24, 2.45) is 0 Å². The average Bonchev–Trinajstić information content (AvgIpc) is 3.20. The first kappa shape index (κ1) is 59.0. The molecule has 0 heterocycles. The molecule has 0 saturated heterocycles. The Morgan fingerprint density at radius 3 is 1.07 bits per heavy atom. The minimum atomic E-state index is -4.37. The van der Waals surface area contributed by atoms with Crippen molar-refractivity contribution in [2.75, 3.05) is 47.5 Å². The molecular formula is C50H101NO8P+. The van der Waals surface area contributed by atoms with Gasteiger partial charge in [0.05, 0.1) is 27.7 Å². The van der Waals surface area contributed by atoms with Gasteiger partial charge in [-0.05, 0) is 12.8 Å². The Balaban J connectivity index is 4.19. The highest BCUT2D eigenvalue weighted by Crippen LogP contribution is 2.43. The number of hydrogen-bond donors (Lipinski definition) is 1. The SMILES string of the molecule is CCCCCCCCCCCCCCCCCCCCCCC(=O)OC(COC(=O)CCCCCCCCCCCCCCCCCC)COP(=O)(O)OCC[N+](C)(C)C. The molecule has 0 aromatic carbocycles. The van der Waals surface area contributed by atoms with Crippen LogP contribution < -0.4 is 0 Å². The van der Waals surface area contributed by atoms with Crippen LogP contribution in [-0.4, -0.2) is 74.9 Å². The minimum absolute atomic E-state index is 0.0372. The minimum Gasteiger partial charge on any atom is -0.462 e. The fourth-order valence-corrected chi connectivity index (χ4v) is 8.35. The Morgan fingerprint density at radius 1 is 0.450 bits per heavy atom. The van der Waals surface area contributed by atoms with Gasteiger partial charge in [-0.25, -0.2) is 4.57 Å². The third kappa shape index (κ3) is 46.5. The van der Waals surface area contributed by atoms with Gasteiger partial charge in [0.2, 0.25) is 0 Å². The predicted octanol–water partition coefficient (Wildman–Crippen LogP) is 15.1. The van der Waals surface area contributed by atoms with Gasteiger partial charge in [-0.1, -0.05) is 232 Å². The summed E-state index contributed by atoms with van der Waals surface area (Å²) >= 11 is 0. The van der Waals surface area contributed by atoms with Crippen molar-refractivity contribution in [3.05, 3.63) is 0 Å². The standard InChI is InChI=1S/C50H100NO8P/c1-6-8-10-12-14-16-18-20-22-24-25-26-27-29-31-33-35-37-39-41-43-50(53)59-48(47-58-60(54,55)57-45-44-51(3,4)5)46-56-49(52)42-40-38-36-34-32-30-28-23-21-19-17-15-13-11-9-7-2/h48H,6-47H2,1-5H3/p+1. The van der Waals surface area contributed by atoms with Crippen molar-refractivity contribution in [1.29, 1.82) is 0 Å². The lowest BCUT2D eigenvalue weighted by Gasteiger charge is -2.24. The van der Waals surface area contributed by atoms with Crippen LogP contribution in [0.15, 0.2) is 0 Å². The Labute approximate surface area is 372 Å². The van der Waals surface area contributed by atoms with Crippen LogP contribution >= 0.6 is 7.82 Å². The Morgan fingerprint density at radius 2 is 0.750 bits per heavy atom. The van der Waals surface area contributed by atoms with Crippen LogP contribution in [-0.2, 0) is 32.7 Å². The smallest absolute Gasteiger partial charge is 0.462 e. The molecule has 0 aliphatic heterocycles. The van der Waals surface area contributed by atoms with Gasteiger partial charge in [0, 0.05) is 12.8 Å². The zero-order valence-electron chi connectivity index (χ0n) is 40.5. The second kappa shape index (κ2) is 43.3. The van der Waals surface area contributed by atoms with E-state index in [1.54, 1.807) is 0 Å². The molecule has 60 heavy (non-hydrogen) atoms. The van der Waals surface area contributed by atoms with Gasteiger partial charge in [-0.3, -0.25) is 18.6 Å². The summed E-state index contributed by atoms with van der Waals surface area (Å²) < 4.78 is 34.5. The van der Waals surface area contributed by atoms with Crippen molar-refractivity contribution in [3.63, 3.8) is 0 Å². The van der Waals surface area contributed by atoms with Crippen LogP contribution in [0, 0.1) is 0 Å². The molecule has 0 bridgehead atoms. The van der Waals surface area contributed by atoms with E-state index in [9.17, 15) is 19.0 Å². The van der Waals surface area contributed by atoms with E-state index in [0.29, 0.717) is 17.4 Å². The molecule has 1 N–H and O–H groups in total. The van der Waals surface area contributed by atoms with E-state index in [2.05, 4.69) is 13.8 Å². The van der Waals surface area contributed by atoms with Gasteiger partial charge in [-0.2, -0.15) is 0 Å². The molecule has 9 nitrogen and oxygen atoms in total. The van der Waals surface area contributed by atoms with Gasteiger partial charge in [0.1, 0.15) is 19.8 Å². The number of phosphoric acid groups is 1. The molecule has 0 aromatic rings. The van der Waals surface area contributed by atoms with E-state index in [1.807, 2.05) is 21.1 Å². The highest BCUT2D eigenvalue weighted by atomic mass is 31.2. The summed E-state index contributed by atoms with van der Waals surface area (Å²) in [5.41, 5.74) is 0. The number of hydrogen-bond acceptors (Lipinski definition) is 7. The van der Waals surface area contributed by atoms with Crippen LogP contribution in [0.25, 0.3) is 0 Å². The van der Waals surface area contributed by atoms with Crippen molar-refractivity contribution in [1.82, 2.24) is 0 Å². The summed E-state index contributed by atoms with van der Waals surface area (Å²) in [7, 11) is 1.50. The third-order valence-corrected chi connectivity index (χ3v) is 12.6. The number of ether oxygens (including phenoxy) is 2. The number of quaternary nitrogens is 1. The zero-order valence-corrected chi connectivity index (χ0v) is 41.4. The van der Waals surface area contributed by atoms with Gasteiger partial charge in [0.15, 0.2) is 6.10 Å². The molecule has 0 radical (unpaired) electrons. The van der Waals surface area contributed by atoms with E-state index in [0.717, 1.165) is 38.5 Å². The van der Waals surface area contributed by atoms with E-state index in [1.165, 1.54) is 193 Å². The Hall–Kier alpha value is -0.990. The lowest BCUT2D eigenvalue weighted by atomic mass is 10.0. The molecule has 2 unspecified atom stereocenters. The fraction of sp³-hybridized carbons (Fsp3) is 0.960. The molecule has 2 atom stereocenters. The normalized spacial score (nSPS) is 13.4. The molecule has 0 fully saturated rings. The van der Waals surface area contributed by atoms with E-state index in [4.69, 9.17) is 18.5 Å². The number of phosphoric ester groups is 1. The highest BCUT2D eigenvalue weighted by molar-refractivity contribution is 7.47. The number of nitrogens with zero attached hydrogens (tertiary/aromatic N) is 1. The Bertz CT molecular complexity index is 990. The van der Waals surface area contributed by atoms with E-state index in [-0.39, 0.29) is 25.6 Å². The maximum Gasteiger partial charge on any atom is 0.472 e. The number of rotatable bonds is 48. The monoisotopic (exact) mass is 875 g/mol. The quantitative estimate of drug-likeness (QED) is 0.0279. The summed E-state index contributed by atoms with van der Waals surface area (Å²) in [6.45, 7) is 4.49. The Kier molecular flexibility index (Phi) is 42.6. The molecule has 0 amide bonds. The van der Waals surface area contributed by atoms with Crippen molar-refractivity contribution >= 4 is 19.8 Å². The van der Waals surface area contributed by atoms with Gasteiger partial charge >= 0.3 is 19.8 Å². The fourth-order valence-electron chi connectivity index (χ4n) is 7.61. The molecule has 10 heteroatoms. The first-order valence-electron chi connectivity index (χ1n) is 25.8. The van der Waals surface area contributed by atoms with Crippen LogP contribution in [0.1, 0.15) is 258 Å². The van der Waals surface area contributed by atoms with Gasteiger partial charge in [-0.15, -0.1) is 0 Å². The highest BCUT2D eigenvalue weighted by Gasteiger charge is 2.27. The van der Waals surface area contributed by atoms with Crippen LogP contribution in [0.5, 0.6) is 0 Å². The van der Waals surface area contributed by atoms with Crippen molar-refractivity contribution < 1.29 is 42.1 Å². The van der Waals surface area contributed by atoms with Crippen LogP contribution in [0.2, 0.25) is 0 Å². The first-order valence-corrected chi connectivity index (χ1v) is 27.3. The van der Waals surface area contributed by atoms with Gasteiger partial charge < -0.3 is 18.9 Å². The van der Waals surface area contributed by atoms with E-state index < -0.39 is 26.5 Å². The zero-order chi connectivity index (χ0) is 44.3. The number of unbranched alkanes of at least 4 members (excludes halogenated alkanes) is 34. The number of carbonyl (C=O) groups is 2. The molecule has 0 spiro atoms. The van der Waals surface area contributed by atoms with Gasteiger partial charge in [0.25, 0.3) is 0 Å². The van der Waals surface area contributed by atoms with Crippen molar-refractivity contribution in [3.8, 4) is 0 Å². The third-order valence-electron chi connectivity index (χ3n) is 11.6. The summed E-state index contributed by atoms with van der Waals surface area (Å²) in [5.74, 6) is -0.777. The first-order chi connectivity index (χ1) is 29.0. The number of likely N-dealkylation sites (N-methyl/N-ethyl adjacent to an activating group) is 1. The molecule has 0 rings (SSSR count). The maximum absolute atomic E-state index is 12.8. The molecule has 0 aliphatic rings. The molecular weight excluding hydrogens is 774 g/mol. The molecule has 0 saturated carbocycles. The van der Waals surface area contributed by atoms with E-state index >= 15 is 0 Å². The van der Waals surface area contributed by atoms with Crippen LogP contribution in [0.4, 0.5) is 0 Å². The maximum atomic E-state index is 12.8. The lowest BCUT2D eigenvalue weighted by Crippen LogP contribution is -2.37. The summed E-state index contributed by atoms with van der Waals surface area (Å²) in [6.07, 6.45) is 45.8. The summed E-state index contributed by atoms with van der Waals surface area (Å²) in [4.78, 5) is 35.5. The van der Waals surface area contributed by atoms with Crippen molar-refractivity contribution in [2.45, 2.75) is 264 Å². The molecule has 0 aliphatic carbocycles. The lowest BCUT2D eigenvalue weighted by molar-refractivity contribution is -0.870. The number of carbonyl (C=O) groups excluding carboxylic acids is 2. The summed E-state index contributed by atoms with van der Waals surface area (Å²) in [6, 6.07) is 0.